The zero-order valence-corrected chi connectivity index (χ0v) is 14.9. The molecule has 0 bridgehead atoms. The fourth-order valence-electron chi connectivity index (χ4n) is 3.16. The summed E-state index contributed by atoms with van der Waals surface area (Å²) in [6.45, 7) is 0. The Morgan fingerprint density at radius 3 is 2.72 bits per heavy atom. The second kappa shape index (κ2) is 8.86. The average Bonchev–Trinajstić information content (AvgIpc) is 2.63. The van der Waals surface area contributed by atoms with E-state index in [-0.39, 0.29) is 18.1 Å². The van der Waals surface area contributed by atoms with Crippen LogP contribution in [0.4, 0.5) is 0 Å². The van der Waals surface area contributed by atoms with E-state index < -0.39 is 0 Å². The SMILES string of the molecule is O=C(CCc1cccc(Cl)c1)NC1CCC(Oc2ccccn2)CC1. The largest absolute Gasteiger partial charge is 0.474 e. The van der Waals surface area contributed by atoms with Gasteiger partial charge in [0.2, 0.25) is 11.8 Å². The van der Waals surface area contributed by atoms with Gasteiger partial charge < -0.3 is 10.1 Å². The molecule has 1 aromatic heterocycles. The molecular formula is C20H23ClN2O2. The van der Waals surface area contributed by atoms with Gasteiger partial charge in [-0.1, -0.05) is 29.8 Å². The van der Waals surface area contributed by atoms with Crippen LogP contribution in [0.2, 0.25) is 5.02 Å². The van der Waals surface area contributed by atoms with E-state index in [0.29, 0.717) is 23.7 Å². The van der Waals surface area contributed by atoms with E-state index in [1.165, 1.54) is 0 Å². The van der Waals surface area contributed by atoms with E-state index in [4.69, 9.17) is 16.3 Å². The first-order valence-corrected chi connectivity index (χ1v) is 9.18. The lowest BCUT2D eigenvalue weighted by atomic mass is 9.92. The van der Waals surface area contributed by atoms with Crippen LogP contribution in [0.15, 0.2) is 48.7 Å². The van der Waals surface area contributed by atoms with Crippen molar-refractivity contribution in [3.05, 3.63) is 59.2 Å². The van der Waals surface area contributed by atoms with Crippen LogP contribution in [0, 0.1) is 0 Å². The summed E-state index contributed by atoms with van der Waals surface area (Å²) in [6.07, 6.45) is 6.90. The van der Waals surface area contributed by atoms with Crippen molar-refractivity contribution >= 4 is 17.5 Å². The molecule has 0 atom stereocenters. The summed E-state index contributed by atoms with van der Waals surface area (Å²) in [7, 11) is 0. The van der Waals surface area contributed by atoms with E-state index in [1.807, 2.05) is 42.5 Å². The minimum atomic E-state index is 0.106. The lowest BCUT2D eigenvalue weighted by Gasteiger charge is -2.29. The van der Waals surface area contributed by atoms with Crippen LogP contribution < -0.4 is 10.1 Å². The number of aromatic nitrogens is 1. The van der Waals surface area contributed by atoms with Gasteiger partial charge in [0.25, 0.3) is 0 Å². The molecule has 2 aromatic rings. The number of aryl methyl sites for hydroxylation is 1. The predicted octanol–water partition coefficient (Wildman–Crippen LogP) is 4.17. The molecule has 1 N–H and O–H groups in total. The molecule has 0 saturated heterocycles. The van der Waals surface area contributed by atoms with Gasteiger partial charge in [-0.25, -0.2) is 4.98 Å². The van der Waals surface area contributed by atoms with Crippen molar-refractivity contribution in [2.45, 2.75) is 50.7 Å². The van der Waals surface area contributed by atoms with Crippen LogP contribution >= 0.6 is 11.6 Å². The second-order valence-corrected chi connectivity index (χ2v) is 6.89. The van der Waals surface area contributed by atoms with Gasteiger partial charge in [-0.05, 0) is 55.9 Å². The molecule has 1 aliphatic carbocycles. The van der Waals surface area contributed by atoms with E-state index in [9.17, 15) is 4.79 Å². The van der Waals surface area contributed by atoms with Gasteiger partial charge in [0, 0.05) is 29.7 Å². The Bertz CT molecular complexity index is 685. The summed E-state index contributed by atoms with van der Waals surface area (Å²) in [5, 5.41) is 3.86. The normalized spacial score (nSPS) is 20.0. The molecule has 1 saturated carbocycles. The Morgan fingerprint density at radius 2 is 2.00 bits per heavy atom. The monoisotopic (exact) mass is 358 g/mol. The van der Waals surface area contributed by atoms with E-state index in [1.54, 1.807) is 6.20 Å². The highest BCUT2D eigenvalue weighted by Gasteiger charge is 2.23. The van der Waals surface area contributed by atoms with Crippen molar-refractivity contribution in [2.24, 2.45) is 0 Å². The molecule has 0 unspecified atom stereocenters. The third kappa shape index (κ3) is 5.75. The van der Waals surface area contributed by atoms with Crippen molar-refractivity contribution in [1.82, 2.24) is 10.3 Å². The fraction of sp³-hybridized carbons (Fsp3) is 0.400. The molecule has 1 heterocycles. The zero-order valence-electron chi connectivity index (χ0n) is 14.2. The number of halogens is 1. The summed E-state index contributed by atoms with van der Waals surface area (Å²) < 4.78 is 5.89. The maximum absolute atomic E-state index is 12.2. The van der Waals surface area contributed by atoms with Crippen LogP contribution in [0.3, 0.4) is 0 Å². The summed E-state index contributed by atoms with van der Waals surface area (Å²) in [6, 6.07) is 13.6. The molecule has 1 amide bonds. The van der Waals surface area contributed by atoms with Gasteiger partial charge in [0.05, 0.1) is 0 Å². The number of amides is 1. The summed E-state index contributed by atoms with van der Waals surface area (Å²) >= 11 is 5.97. The van der Waals surface area contributed by atoms with Gasteiger partial charge in [0.1, 0.15) is 6.10 Å². The van der Waals surface area contributed by atoms with Gasteiger partial charge >= 0.3 is 0 Å². The number of rotatable bonds is 6. The Labute approximate surface area is 153 Å². The Balaban J connectivity index is 1.37. The molecule has 5 heteroatoms. The minimum absolute atomic E-state index is 0.106. The van der Waals surface area contributed by atoms with Gasteiger partial charge in [-0.15, -0.1) is 0 Å². The third-order valence-electron chi connectivity index (χ3n) is 4.49. The van der Waals surface area contributed by atoms with E-state index in [2.05, 4.69) is 10.3 Å². The topological polar surface area (TPSA) is 51.2 Å². The molecule has 0 radical (unpaired) electrons. The second-order valence-electron chi connectivity index (χ2n) is 6.46. The van der Waals surface area contributed by atoms with Gasteiger partial charge in [-0.3, -0.25) is 4.79 Å². The molecule has 1 fully saturated rings. The lowest BCUT2D eigenvalue weighted by Crippen LogP contribution is -2.39. The summed E-state index contributed by atoms with van der Waals surface area (Å²) in [4.78, 5) is 16.4. The number of carbonyl (C=O) groups is 1. The molecule has 4 nitrogen and oxygen atoms in total. The molecule has 132 valence electrons. The molecule has 1 aliphatic rings. The number of nitrogens with one attached hydrogen (secondary N) is 1. The van der Waals surface area contributed by atoms with Crippen LogP contribution in [0.5, 0.6) is 5.88 Å². The highest BCUT2D eigenvalue weighted by atomic mass is 35.5. The van der Waals surface area contributed by atoms with Crippen LogP contribution in [0.25, 0.3) is 0 Å². The molecular weight excluding hydrogens is 336 g/mol. The summed E-state index contributed by atoms with van der Waals surface area (Å²) in [5.41, 5.74) is 1.09. The van der Waals surface area contributed by atoms with Crippen molar-refractivity contribution in [3.63, 3.8) is 0 Å². The quantitative estimate of drug-likeness (QED) is 0.843. The van der Waals surface area contributed by atoms with E-state index in [0.717, 1.165) is 31.2 Å². The van der Waals surface area contributed by atoms with Crippen molar-refractivity contribution in [3.8, 4) is 5.88 Å². The Hall–Kier alpha value is -2.07. The van der Waals surface area contributed by atoms with E-state index >= 15 is 0 Å². The standard InChI is InChI=1S/C20H23ClN2O2/c21-16-5-3-4-15(14-16)7-12-19(24)23-17-8-10-18(11-9-17)25-20-6-1-2-13-22-20/h1-6,13-14,17-18H,7-12H2,(H,23,24). The van der Waals surface area contributed by atoms with Crippen molar-refractivity contribution in [1.29, 1.82) is 0 Å². The predicted molar refractivity (Wildman–Crippen MR) is 98.8 cm³/mol. The lowest BCUT2D eigenvalue weighted by molar-refractivity contribution is -0.122. The molecule has 3 rings (SSSR count). The van der Waals surface area contributed by atoms with Crippen LogP contribution in [0.1, 0.15) is 37.7 Å². The number of hydrogen-bond acceptors (Lipinski definition) is 3. The zero-order chi connectivity index (χ0) is 17.5. The first-order chi connectivity index (χ1) is 12.2. The maximum Gasteiger partial charge on any atom is 0.220 e. The number of nitrogens with zero attached hydrogens (tertiary/aromatic N) is 1. The molecule has 0 spiro atoms. The minimum Gasteiger partial charge on any atom is -0.474 e. The van der Waals surface area contributed by atoms with Crippen molar-refractivity contribution < 1.29 is 9.53 Å². The fourth-order valence-corrected chi connectivity index (χ4v) is 3.38. The average molecular weight is 359 g/mol. The molecule has 25 heavy (non-hydrogen) atoms. The highest BCUT2D eigenvalue weighted by molar-refractivity contribution is 6.30. The van der Waals surface area contributed by atoms with Gasteiger partial charge in [0.15, 0.2) is 0 Å². The Kier molecular flexibility index (Phi) is 6.29. The first-order valence-electron chi connectivity index (χ1n) is 8.80. The number of hydrogen-bond donors (Lipinski definition) is 1. The number of carbonyl (C=O) groups excluding carboxylic acids is 1. The summed E-state index contributed by atoms with van der Waals surface area (Å²) in [5.74, 6) is 0.783. The molecule has 0 aliphatic heterocycles. The first kappa shape index (κ1) is 17.7. The number of pyridine rings is 1. The van der Waals surface area contributed by atoms with Gasteiger partial charge in [-0.2, -0.15) is 0 Å². The number of ether oxygens (including phenoxy) is 1. The highest BCUT2D eigenvalue weighted by Crippen LogP contribution is 2.23. The van der Waals surface area contributed by atoms with Crippen LogP contribution in [-0.2, 0) is 11.2 Å². The number of benzene rings is 1. The Morgan fingerprint density at radius 1 is 1.16 bits per heavy atom. The van der Waals surface area contributed by atoms with Crippen molar-refractivity contribution in [2.75, 3.05) is 0 Å². The third-order valence-corrected chi connectivity index (χ3v) is 4.73. The maximum atomic E-state index is 12.2. The molecule has 1 aromatic carbocycles. The van der Waals surface area contributed by atoms with Crippen LogP contribution in [-0.4, -0.2) is 23.0 Å². The smallest absolute Gasteiger partial charge is 0.220 e.